The fourth-order valence-electron chi connectivity index (χ4n) is 2.97. The number of hydrogen-bond acceptors (Lipinski definition) is 4. The lowest BCUT2D eigenvalue weighted by molar-refractivity contribution is 0.412. The first-order chi connectivity index (χ1) is 13.2. The SMILES string of the molecule is COc1ccc(O)c(/C=N/c2nc3ccccc3n2Cc2ccccc2)c1. The molecule has 1 heterocycles. The number of imidazole rings is 1. The summed E-state index contributed by atoms with van der Waals surface area (Å²) in [6, 6.07) is 23.2. The number of para-hydroxylation sites is 2. The van der Waals surface area contributed by atoms with E-state index in [9.17, 15) is 5.11 Å². The van der Waals surface area contributed by atoms with Gasteiger partial charge in [-0.05, 0) is 35.9 Å². The molecule has 0 aliphatic carbocycles. The van der Waals surface area contributed by atoms with E-state index in [1.807, 2.05) is 42.5 Å². The van der Waals surface area contributed by atoms with E-state index in [2.05, 4.69) is 26.7 Å². The minimum absolute atomic E-state index is 0.144. The van der Waals surface area contributed by atoms with Crippen LogP contribution in [0.1, 0.15) is 11.1 Å². The van der Waals surface area contributed by atoms with Crippen molar-refractivity contribution in [2.24, 2.45) is 4.99 Å². The number of aromatic hydroxyl groups is 1. The monoisotopic (exact) mass is 357 g/mol. The number of ether oxygens (including phenoxy) is 1. The van der Waals surface area contributed by atoms with E-state index in [4.69, 9.17) is 4.74 Å². The van der Waals surface area contributed by atoms with Gasteiger partial charge < -0.3 is 14.4 Å². The van der Waals surface area contributed by atoms with E-state index in [1.165, 1.54) is 5.56 Å². The van der Waals surface area contributed by atoms with Crippen molar-refractivity contribution in [2.75, 3.05) is 7.11 Å². The summed E-state index contributed by atoms with van der Waals surface area (Å²) < 4.78 is 7.29. The summed E-state index contributed by atoms with van der Waals surface area (Å²) in [5.74, 6) is 1.39. The first-order valence-electron chi connectivity index (χ1n) is 8.65. The summed E-state index contributed by atoms with van der Waals surface area (Å²) in [7, 11) is 1.59. The minimum Gasteiger partial charge on any atom is -0.507 e. The summed E-state index contributed by atoms with van der Waals surface area (Å²) in [5, 5.41) is 10.1. The summed E-state index contributed by atoms with van der Waals surface area (Å²) in [6.45, 7) is 0.665. The first kappa shape index (κ1) is 16.8. The Morgan fingerprint density at radius 3 is 2.63 bits per heavy atom. The zero-order valence-electron chi connectivity index (χ0n) is 14.9. The Kier molecular flexibility index (Phi) is 4.58. The molecule has 4 rings (SSSR count). The average molecular weight is 357 g/mol. The smallest absolute Gasteiger partial charge is 0.230 e. The van der Waals surface area contributed by atoms with Gasteiger partial charge in [-0.1, -0.05) is 42.5 Å². The zero-order chi connectivity index (χ0) is 18.6. The Morgan fingerprint density at radius 2 is 1.81 bits per heavy atom. The fraction of sp³-hybridized carbons (Fsp3) is 0.0909. The lowest BCUT2D eigenvalue weighted by atomic mass is 10.2. The molecule has 1 N–H and O–H groups in total. The Labute approximate surface area is 157 Å². The van der Waals surface area contributed by atoms with Crippen LogP contribution >= 0.6 is 0 Å². The maximum Gasteiger partial charge on any atom is 0.230 e. The summed E-state index contributed by atoms with van der Waals surface area (Å²) in [4.78, 5) is 9.21. The van der Waals surface area contributed by atoms with Crippen LogP contribution in [0.25, 0.3) is 11.0 Å². The number of hydrogen-bond donors (Lipinski definition) is 1. The standard InChI is InChI=1S/C22H19N3O2/c1-27-18-11-12-21(26)17(13-18)14-23-22-24-19-9-5-6-10-20(19)25(22)15-16-7-3-2-4-8-16/h2-14,26H,15H2,1H3/b23-14+. The van der Waals surface area contributed by atoms with Crippen LogP contribution in [0, 0.1) is 0 Å². The molecule has 5 nitrogen and oxygen atoms in total. The Balaban J connectivity index is 1.76. The lowest BCUT2D eigenvalue weighted by Crippen LogP contribution is -1.99. The molecular weight excluding hydrogens is 338 g/mol. The molecule has 0 aliphatic rings. The highest BCUT2D eigenvalue weighted by Gasteiger charge is 2.10. The maximum absolute atomic E-state index is 10.1. The van der Waals surface area contributed by atoms with Crippen LogP contribution in [0.5, 0.6) is 11.5 Å². The van der Waals surface area contributed by atoms with Crippen molar-refractivity contribution in [1.29, 1.82) is 0 Å². The van der Waals surface area contributed by atoms with Crippen molar-refractivity contribution in [3.05, 3.63) is 83.9 Å². The largest absolute Gasteiger partial charge is 0.507 e. The molecule has 0 aliphatic heterocycles. The first-order valence-corrected chi connectivity index (χ1v) is 8.65. The Bertz CT molecular complexity index is 1100. The van der Waals surface area contributed by atoms with Crippen LogP contribution in [-0.2, 0) is 6.54 Å². The van der Waals surface area contributed by atoms with Crippen LogP contribution < -0.4 is 4.74 Å². The minimum atomic E-state index is 0.144. The van der Waals surface area contributed by atoms with Crippen molar-refractivity contribution >= 4 is 23.2 Å². The third kappa shape index (κ3) is 3.53. The number of fused-ring (bicyclic) bond motifs is 1. The van der Waals surface area contributed by atoms with Gasteiger partial charge >= 0.3 is 0 Å². The van der Waals surface area contributed by atoms with E-state index in [0.717, 1.165) is 11.0 Å². The molecule has 0 saturated heterocycles. The van der Waals surface area contributed by atoms with E-state index in [1.54, 1.807) is 31.5 Å². The second kappa shape index (κ2) is 7.33. The molecule has 0 spiro atoms. The number of aliphatic imine (C=N–C) groups is 1. The molecular formula is C22H19N3O2. The molecule has 0 atom stereocenters. The maximum atomic E-state index is 10.1. The van der Waals surface area contributed by atoms with Gasteiger partial charge in [-0.3, -0.25) is 0 Å². The number of phenols is 1. The van der Waals surface area contributed by atoms with Crippen LogP contribution in [0.15, 0.2) is 77.8 Å². The third-order valence-corrected chi connectivity index (χ3v) is 4.37. The van der Waals surface area contributed by atoms with Gasteiger partial charge in [0.2, 0.25) is 5.95 Å². The molecule has 0 saturated carbocycles. The van der Waals surface area contributed by atoms with E-state index in [-0.39, 0.29) is 5.75 Å². The van der Waals surface area contributed by atoms with Gasteiger partial charge in [-0.15, -0.1) is 0 Å². The summed E-state index contributed by atoms with van der Waals surface area (Å²) >= 11 is 0. The van der Waals surface area contributed by atoms with E-state index in [0.29, 0.717) is 23.8 Å². The van der Waals surface area contributed by atoms with Gasteiger partial charge in [0.05, 0.1) is 24.7 Å². The second-order valence-electron chi connectivity index (χ2n) is 6.16. The molecule has 4 aromatic rings. The normalized spacial score (nSPS) is 11.3. The number of benzene rings is 3. The van der Waals surface area contributed by atoms with Gasteiger partial charge in [0.15, 0.2) is 0 Å². The highest BCUT2D eigenvalue weighted by atomic mass is 16.5. The van der Waals surface area contributed by atoms with Crippen molar-refractivity contribution in [3.63, 3.8) is 0 Å². The lowest BCUT2D eigenvalue weighted by Gasteiger charge is -2.07. The van der Waals surface area contributed by atoms with Crippen molar-refractivity contribution in [2.45, 2.75) is 6.54 Å². The molecule has 27 heavy (non-hydrogen) atoms. The zero-order valence-corrected chi connectivity index (χ0v) is 14.9. The van der Waals surface area contributed by atoms with Crippen molar-refractivity contribution < 1.29 is 9.84 Å². The molecule has 0 bridgehead atoms. The molecule has 1 aromatic heterocycles. The van der Waals surface area contributed by atoms with Gasteiger partial charge in [-0.25, -0.2) is 9.98 Å². The van der Waals surface area contributed by atoms with Crippen LogP contribution in [0.3, 0.4) is 0 Å². The molecule has 0 radical (unpaired) electrons. The second-order valence-corrected chi connectivity index (χ2v) is 6.16. The number of methoxy groups -OCH3 is 1. The van der Waals surface area contributed by atoms with Crippen LogP contribution in [0.4, 0.5) is 5.95 Å². The van der Waals surface area contributed by atoms with E-state index >= 15 is 0 Å². The average Bonchev–Trinajstić information content (AvgIpc) is 3.06. The van der Waals surface area contributed by atoms with Crippen molar-refractivity contribution in [1.82, 2.24) is 9.55 Å². The molecule has 0 unspecified atom stereocenters. The van der Waals surface area contributed by atoms with Crippen LogP contribution in [0.2, 0.25) is 0 Å². The predicted molar refractivity (Wildman–Crippen MR) is 107 cm³/mol. The predicted octanol–water partition coefficient (Wildman–Crippen LogP) is 4.55. The van der Waals surface area contributed by atoms with Crippen molar-refractivity contribution in [3.8, 4) is 11.5 Å². The summed E-state index contributed by atoms with van der Waals surface area (Å²) in [5.41, 5.74) is 3.65. The van der Waals surface area contributed by atoms with Gasteiger partial charge in [0.1, 0.15) is 11.5 Å². The highest BCUT2D eigenvalue weighted by molar-refractivity contribution is 5.86. The van der Waals surface area contributed by atoms with Gasteiger partial charge in [-0.2, -0.15) is 0 Å². The topological polar surface area (TPSA) is 59.6 Å². The molecule has 0 fully saturated rings. The fourth-order valence-corrected chi connectivity index (χ4v) is 2.97. The molecule has 0 amide bonds. The Hall–Kier alpha value is -3.60. The van der Waals surface area contributed by atoms with E-state index < -0.39 is 0 Å². The number of nitrogens with zero attached hydrogens (tertiary/aromatic N) is 3. The molecule has 5 heteroatoms. The quantitative estimate of drug-likeness (QED) is 0.533. The third-order valence-electron chi connectivity index (χ3n) is 4.37. The molecule has 3 aromatic carbocycles. The Morgan fingerprint density at radius 1 is 1.04 bits per heavy atom. The number of phenolic OH excluding ortho intramolecular Hbond substituents is 1. The van der Waals surface area contributed by atoms with Gasteiger partial charge in [0.25, 0.3) is 0 Å². The number of aromatic nitrogens is 2. The summed E-state index contributed by atoms with van der Waals surface area (Å²) in [6.07, 6.45) is 1.61. The molecule has 134 valence electrons. The highest BCUT2D eigenvalue weighted by Crippen LogP contribution is 2.25. The van der Waals surface area contributed by atoms with Crippen LogP contribution in [-0.4, -0.2) is 28.0 Å². The van der Waals surface area contributed by atoms with Gasteiger partial charge in [0, 0.05) is 11.8 Å². The number of rotatable bonds is 5.